The van der Waals surface area contributed by atoms with Crippen molar-refractivity contribution in [3.05, 3.63) is 64.8 Å². The number of hydrogen-bond donors (Lipinski definition) is 1. The Morgan fingerprint density at radius 1 is 1.32 bits per heavy atom. The van der Waals surface area contributed by atoms with Crippen LogP contribution in [0.2, 0.25) is 5.02 Å². The first kappa shape index (κ1) is 11.9. The predicted octanol–water partition coefficient (Wildman–Crippen LogP) is 3.59. The van der Waals surface area contributed by atoms with Gasteiger partial charge in [0.25, 0.3) is 0 Å². The molecular formula is C14H8ClFN2O. The number of H-pyrrole nitrogens is 1. The Balaban J connectivity index is 2.11. The van der Waals surface area contributed by atoms with Gasteiger partial charge in [-0.25, -0.2) is 4.39 Å². The van der Waals surface area contributed by atoms with Gasteiger partial charge < -0.3 is 4.98 Å². The van der Waals surface area contributed by atoms with Crippen molar-refractivity contribution < 1.29 is 9.18 Å². The van der Waals surface area contributed by atoms with Crippen molar-refractivity contribution in [1.82, 2.24) is 9.97 Å². The molecule has 94 valence electrons. The number of nitrogens with zero attached hydrogens (tertiary/aromatic N) is 1. The van der Waals surface area contributed by atoms with Crippen LogP contribution >= 0.6 is 11.6 Å². The molecule has 0 aliphatic carbocycles. The van der Waals surface area contributed by atoms with E-state index < -0.39 is 5.82 Å². The molecule has 0 fully saturated rings. The molecule has 0 aliphatic rings. The summed E-state index contributed by atoms with van der Waals surface area (Å²) in [5.74, 6) is -0.875. The zero-order valence-electron chi connectivity index (χ0n) is 9.65. The van der Waals surface area contributed by atoms with Crippen LogP contribution in [0.1, 0.15) is 15.9 Å². The number of aromatic amines is 1. The second-order valence-corrected chi connectivity index (χ2v) is 4.49. The Bertz CT molecular complexity index is 782. The first-order valence-electron chi connectivity index (χ1n) is 5.57. The molecule has 0 unspecified atom stereocenters. The molecule has 19 heavy (non-hydrogen) atoms. The maximum absolute atomic E-state index is 13.4. The number of nitrogens with one attached hydrogen (secondary N) is 1. The van der Waals surface area contributed by atoms with Crippen LogP contribution in [0.3, 0.4) is 0 Å². The van der Waals surface area contributed by atoms with Crippen molar-refractivity contribution in [1.29, 1.82) is 0 Å². The smallest absolute Gasteiger partial charge is 0.195 e. The first-order chi connectivity index (χ1) is 9.16. The highest BCUT2D eigenvalue weighted by atomic mass is 35.5. The summed E-state index contributed by atoms with van der Waals surface area (Å²) in [5, 5.41) is 0.708. The lowest BCUT2D eigenvalue weighted by atomic mass is 10.0. The lowest BCUT2D eigenvalue weighted by Crippen LogP contribution is -2.01. The highest BCUT2D eigenvalue weighted by molar-refractivity contribution is 6.31. The fraction of sp³-hybridized carbons (Fsp3) is 0. The minimum atomic E-state index is -0.606. The van der Waals surface area contributed by atoms with E-state index in [1.807, 2.05) is 0 Å². The molecular weight excluding hydrogens is 267 g/mol. The molecule has 0 amide bonds. The normalized spacial score (nSPS) is 10.8. The van der Waals surface area contributed by atoms with Crippen molar-refractivity contribution >= 4 is 28.3 Å². The van der Waals surface area contributed by atoms with Gasteiger partial charge in [0, 0.05) is 40.6 Å². The molecule has 0 saturated heterocycles. The largest absolute Gasteiger partial charge is 0.360 e. The Morgan fingerprint density at radius 3 is 2.95 bits per heavy atom. The number of aromatic nitrogens is 2. The number of hydrogen-bond acceptors (Lipinski definition) is 2. The minimum Gasteiger partial charge on any atom is -0.360 e. The Morgan fingerprint density at radius 2 is 2.16 bits per heavy atom. The van der Waals surface area contributed by atoms with E-state index in [1.54, 1.807) is 24.7 Å². The molecule has 0 spiro atoms. The van der Waals surface area contributed by atoms with Gasteiger partial charge in [-0.3, -0.25) is 9.78 Å². The zero-order chi connectivity index (χ0) is 13.4. The van der Waals surface area contributed by atoms with Crippen LogP contribution in [-0.2, 0) is 0 Å². The van der Waals surface area contributed by atoms with Gasteiger partial charge in [-0.15, -0.1) is 0 Å². The molecule has 3 rings (SSSR count). The minimum absolute atomic E-state index is 0.00265. The average molecular weight is 275 g/mol. The number of carbonyl (C=O) groups is 1. The third kappa shape index (κ3) is 2.00. The van der Waals surface area contributed by atoms with Crippen LogP contribution < -0.4 is 0 Å². The summed E-state index contributed by atoms with van der Waals surface area (Å²) in [6.45, 7) is 0. The van der Waals surface area contributed by atoms with Gasteiger partial charge in [0.05, 0.1) is 5.02 Å². The van der Waals surface area contributed by atoms with Crippen LogP contribution in [0.25, 0.3) is 10.9 Å². The number of pyridine rings is 1. The van der Waals surface area contributed by atoms with Crippen LogP contribution in [0.5, 0.6) is 0 Å². The molecule has 2 aromatic heterocycles. The molecule has 3 aromatic rings. The van der Waals surface area contributed by atoms with E-state index in [9.17, 15) is 9.18 Å². The molecule has 5 heteroatoms. The molecule has 0 bridgehead atoms. The summed E-state index contributed by atoms with van der Waals surface area (Å²) in [6.07, 6.45) is 4.83. The topological polar surface area (TPSA) is 45.8 Å². The number of halogens is 2. The molecule has 0 radical (unpaired) electrons. The molecule has 1 N–H and O–H groups in total. The summed E-state index contributed by atoms with van der Waals surface area (Å²) in [4.78, 5) is 19.3. The number of benzene rings is 1. The predicted molar refractivity (Wildman–Crippen MR) is 70.9 cm³/mol. The van der Waals surface area contributed by atoms with Crippen molar-refractivity contribution in [2.75, 3.05) is 0 Å². The number of carbonyl (C=O) groups excluding carboxylic acids is 1. The molecule has 0 atom stereocenters. The SMILES string of the molecule is O=C(c1ccc(Cl)c(F)c1)c1c[nH]c2ccncc12. The second-order valence-electron chi connectivity index (χ2n) is 4.08. The van der Waals surface area contributed by atoms with Crippen molar-refractivity contribution in [3.8, 4) is 0 Å². The third-order valence-corrected chi connectivity index (χ3v) is 3.22. The average Bonchev–Trinajstić information content (AvgIpc) is 2.85. The van der Waals surface area contributed by atoms with Gasteiger partial charge in [0.15, 0.2) is 5.78 Å². The van der Waals surface area contributed by atoms with Crippen molar-refractivity contribution in [2.45, 2.75) is 0 Å². The van der Waals surface area contributed by atoms with Crippen molar-refractivity contribution in [3.63, 3.8) is 0 Å². The third-order valence-electron chi connectivity index (χ3n) is 2.91. The monoisotopic (exact) mass is 274 g/mol. The second kappa shape index (κ2) is 4.48. The molecule has 0 aliphatic heterocycles. The maximum atomic E-state index is 13.4. The summed E-state index contributed by atoms with van der Waals surface area (Å²) in [7, 11) is 0. The van der Waals surface area contributed by atoms with E-state index in [-0.39, 0.29) is 16.4 Å². The maximum Gasteiger partial charge on any atom is 0.195 e. The van der Waals surface area contributed by atoms with E-state index in [2.05, 4.69) is 9.97 Å². The fourth-order valence-corrected chi connectivity index (χ4v) is 2.06. The lowest BCUT2D eigenvalue weighted by Gasteiger charge is -2.01. The highest BCUT2D eigenvalue weighted by Crippen LogP contribution is 2.22. The highest BCUT2D eigenvalue weighted by Gasteiger charge is 2.15. The van der Waals surface area contributed by atoms with E-state index in [1.165, 1.54) is 12.1 Å². The van der Waals surface area contributed by atoms with E-state index in [0.717, 1.165) is 11.6 Å². The quantitative estimate of drug-likeness (QED) is 0.726. The summed E-state index contributed by atoms with van der Waals surface area (Å²) in [6, 6.07) is 5.79. The Kier molecular flexibility index (Phi) is 2.80. The van der Waals surface area contributed by atoms with Crippen LogP contribution in [0.15, 0.2) is 42.9 Å². The van der Waals surface area contributed by atoms with Gasteiger partial charge in [-0.05, 0) is 24.3 Å². The summed E-state index contributed by atoms with van der Waals surface area (Å²) in [5.41, 5.74) is 1.53. The Labute approximate surface area is 113 Å². The van der Waals surface area contributed by atoms with E-state index >= 15 is 0 Å². The number of fused-ring (bicyclic) bond motifs is 1. The number of ketones is 1. The summed E-state index contributed by atoms with van der Waals surface area (Å²) < 4.78 is 13.4. The fourth-order valence-electron chi connectivity index (χ4n) is 1.94. The zero-order valence-corrected chi connectivity index (χ0v) is 10.4. The van der Waals surface area contributed by atoms with E-state index in [0.29, 0.717) is 10.9 Å². The molecule has 3 nitrogen and oxygen atoms in total. The van der Waals surface area contributed by atoms with Crippen LogP contribution in [-0.4, -0.2) is 15.8 Å². The van der Waals surface area contributed by atoms with Gasteiger partial charge in [0.2, 0.25) is 0 Å². The standard InChI is InChI=1S/C14H8ClFN2O/c15-11-2-1-8(5-12(11)16)14(19)10-7-18-13-3-4-17-6-9(10)13/h1-7,18H. The lowest BCUT2D eigenvalue weighted by molar-refractivity contribution is 0.104. The van der Waals surface area contributed by atoms with Crippen LogP contribution in [0.4, 0.5) is 4.39 Å². The first-order valence-corrected chi connectivity index (χ1v) is 5.95. The molecule has 1 aromatic carbocycles. The van der Waals surface area contributed by atoms with Crippen LogP contribution in [0, 0.1) is 5.82 Å². The van der Waals surface area contributed by atoms with Gasteiger partial charge in [0.1, 0.15) is 5.82 Å². The summed E-state index contributed by atoms with van der Waals surface area (Å²) >= 11 is 5.60. The molecule has 0 saturated carbocycles. The van der Waals surface area contributed by atoms with Crippen molar-refractivity contribution in [2.24, 2.45) is 0 Å². The van der Waals surface area contributed by atoms with Gasteiger partial charge in [-0.1, -0.05) is 11.6 Å². The van der Waals surface area contributed by atoms with Gasteiger partial charge >= 0.3 is 0 Å². The van der Waals surface area contributed by atoms with E-state index in [4.69, 9.17) is 11.6 Å². The Hall–Kier alpha value is -2.20. The van der Waals surface area contributed by atoms with Gasteiger partial charge in [-0.2, -0.15) is 0 Å². The number of rotatable bonds is 2. The molecule has 2 heterocycles.